The molecule has 0 spiro atoms. The van der Waals surface area contributed by atoms with E-state index in [1.165, 1.54) is 0 Å². The fourth-order valence-corrected chi connectivity index (χ4v) is 3.57. The third-order valence-electron chi connectivity index (χ3n) is 5.39. The summed E-state index contributed by atoms with van der Waals surface area (Å²) in [5.74, 6) is 2.64. The molecule has 0 bridgehead atoms. The van der Waals surface area contributed by atoms with Crippen molar-refractivity contribution in [3.05, 3.63) is 90.1 Å². The van der Waals surface area contributed by atoms with E-state index in [-0.39, 0.29) is 5.91 Å². The highest BCUT2D eigenvalue weighted by molar-refractivity contribution is 5.90. The number of nitrogens with one attached hydrogen (secondary N) is 1. The van der Waals surface area contributed by atoms with Gasteiger partial charge in [0.05, 0.1) is 25.6 Å². The summed E-state index contributed by atoms with van der Waals surface area (Å²) in [7, 11) is 3.25. The number of carbonyl (C=O) groups is 1. The Morgan fingerprint density at radius 1 is 0.853 bits per heavy atom. The lowest BCUT2D eigenvalue weighted by atomic mass is 10.1. The van der Waals surface area contributed by atoms with Gasteiger partial charge in [-0.2, -0.15) is 5.10 Å². The van der Waals surface area contributed by atoms with Crippen LogP contribution in [-0.2, 0) is 11.2 Å². The third kappa shape index (κ3) is 5.38. The van der Waals surface area contributed by atoms with E-state index in [1.54, 1.807) is 18.9 Å². The Balaban J connectivity index is 1.62. The minimum Gasteiger partial charge on any atom is -0.497 e. The van der Waals surface area contributed by atoms with Crippen LogP contribution in [-0.4, -0.2) is 29.9 Å². The molecular formula is C27H27N3O4. The molecule has 1 aromatic heterocycles. The Morgan fingerprint density at radius 2 is 1.44 bits per heavy atom. The summed E-state index contributed by atoms with van der Waals surface area (Å²) in [4.78, 5) is 12.6. The Morgan fingerprint density at radius 3 is 2.06 bits per heavy atom. The van der Waals surface area contributed by atoms with E-state index in [4.69, 9.17) is 19.3 Å². The number of hydrogen-bond donors (Lipinski definition) is 1. The molecule has 4 aromatic rings. The van der Waals surface area contributed by atoms with Crippen LogP contribution in [0.3, 0.4) is 0 Å². The second-order valence-corrected chi connectivity index (χ2v) is 7.67. The number of ether oxygens (including phenoxy) is 3. The molecule has 0 radical (unpaired) electrons. The summed E-state index contributed by atoms with van der Waals surface area (Å²) in [5.41, 5.74) is 3.27. The van der Waals surface area contributed by atoms with Gasteiger partial charge in [-0.25, -0.2) is 4.68 Å². The Hall–Kier alpha value is -4.26. The average molecular weight is 458 g/mol. The summed E-state index contributed by atoms with van der Waals surface area (Å²) in [5, 5.41) is 7.65. The quantitative estimate of drug-likeness (QED) is 0.356. The molecule has 1 heterocycles. The van der Waals surface area contributed by atoms with Crippen LogP contribution in [0.25, 0.3) is 5.69 Å². The van der Waals surface area contributed by atoms with Crippen LogP contribution in [0.5, 0.6) is 23.1 Å². The zero-order chi connectivity index (χ0) is 23.9. The van der Waals surface area contributed by atoms with Gasteiger partial charge in [0, 0.05) is 17.7 Å². The molecule has 0 saturated heterocycles. The van der Waals surface area contributed by atoms with Gasteiger partial charge in [-0.1, -0.05) is 18.2 Å². The summed E-state index contributed by atoms with van der Waals surface area (Å²) >= 11 is 0. The van der Waals surface area contributed by atoms with Gasteiger partial charge in [0.25, 0.3) is 0 Å². The van der Waals surface area contributed by atoms with Crippen LogP contribution in [0.4, 0.5) is 5.69 Å². The maximum absolute atomic E-state index is 12.6. The number of carbonyl (C=O) groups excluding carboxylic acids is 1. The number of aryl methyl sites for hydroxylation is 1. The first-order chi connectivity index (χ1) is 16.6. The molecule has 4 rings (SSSR count). The summed E-state index contributed by atoms with van der Waals surface area (Å²) < 4.78 is 18.6. The molecule has 1 N–H and O–H groups in total. The smallest absolute Gasteiger partial charge is 0.226 e. The Kier molecular flexibility index (Phi) is 7.13. The Labute approximate surface area is 198 Å². The molecule has 174 valence electrons. The highest BCUT2D eigenvalue weighted by atomic mass is 16.5. The zero-order valence-electron chi connectivity index (χ0n) is 19.4. The molecule has 34 heavy (non-hydrogen) atoms. The molecule has 0 aliphatic heterocycles. The first-order valence-electron chi connectivity index (χ1n) is 11.0. The highest BCUT2D eigenvalue weighted by Gasteiger charge is 2.20. The lowest BCUT2D eigenvalue weighted by Gasteiger charge is -2.12. The molecule has 0 fully saturated rings. The number of aromatic nitrogens is 2. The van der Waals surface area contributed by atoms with E-state index < -0.39 is 0 Å². The molecule has 3 aromatic carbocycles. The summed E-state index contributed by atoms with van der Waals surface area (Å²) in [6.07, 6.45) is 0.773. The number of hydrogen-bond acceptors (Lipinski definition) is 5. The van der Waals surface area contributed by atoms with Crippen LogP contribution < -0.4 is 19.5 Å². The molecule has 0 aliphatic carbocycles. The van der Waals surface area contributed by atoms with Crippen molar-refractivity contribution in [2.45, 2.75) is 19.8 Å². The lowest BCUT2D eigenvalue weighted by Crippen LogP contribution is -2.12. The first kappa shape index (κ1) is 22.9. The second kappa shape index (κ2) is 10.6. The van der Waals surface area contributed by atoms with Gasteiger partial charge in [-0.15, -0.1) is 0 Å². The van der Waals surface area contributed by atoms with Gasteiger partial charge in [0.1, 0.15) is 17.2 Å². The number of benzene rings is 3. The normalized spacial score (nSPS) is 10.6. The molecule has 0 atom stereocenters. The van der Waals surface area contributed by atoms with Crippen LogP contribution in [0, 0.1) is 6.92 Å². The minimum atomic E-state index is -0.0711. The minimum absolute atomic E-state index is 0.0711. The SMILES string of the molecule is COc1ccc(Oc2c(CCC(=O)Nc3ccccc3)c(C)nn2-c2ccc(OC)cc2)cc1. The van der Waals surface area contributed by atoms with Crippen molar-refractivity contribution in [3.8, 4) is 28.8 Å². The third-order valence-corrected chi connectivity index (χ3v) is 5.39. The van der Waals surface area contributed by atoms with Crippen molar-refractivity contribution in [1.29, 1.82) is 0 Å². The number of rotatable bonds is 9. The molecular weight excluding hydrogens is 430 g/mol. The predicted octanol–water partition coefficient (Wildman–Crippen LogP) is 5.56. The van der Waals surface area contributed by atoms with E-state index in [9.17, 15) is 4.79 Å². The summed E-state index contributed by atoms with van der Waals surface area (Å²) in [6.45, 7) is 1.92. The van der Waals surface area contributed by atoms with E-state index >= 15 is 0 Å². The van der Waals surface area contributed by atoms with Crippen molar-refractivity contribution in [3.63, 3.8) is 0 Å². The Bertz CT molecular complexity index is 1230. The first-order valence-corrected chi connectivity index (χ1v) is 11.0. The predicted molar refractivity (Wildman–Crippen MR) is 131 cm³/mol. The molecule has 7 nitrogen and oxygen atoms in total. The number of amides is 1. The molecule has 0 aliphatic rings. The van der Waals surface area contributed by atoms with Gasteiger partial charge in [0.15, 0.2) is 0 Å². The monoisotopic (exact) mass is 457 g/mol. The largest absolute Gasteiger partial charge is 0.497 e. The van der Waals surface area contributed by atoms with Gasteiger partial charge in [-0.05, 0) is 74.0 Å². The van der Waals surface area contributed by atoms with Gasteiger partial charge in [-0.3, -0.25) is 4.79 Å². The van der Waals surface area contributed by atoms with E-state index in [0.717, 1.165) is 34.1 Å². The van der Waals surface area contributed by atoms with Crippen LogP contribution in [0.1, 0.15) is 17.7 Å². The van der Waals surface area contributed by atoms with Gasteiger partial charge >= 0.3 is 0 Å². The van der Waals surface area contributed by atoms with Crippen LogP contribution >= 0.6 is 0 Å². The molecule has 7 heteroatoms. The highest BCUT2D eigenvalue weighted by Crippen LogP contribution is 2.32. The van der Waals surface area contributed by atoms with E-state index in [0.29, 0.717) is 24.5 Å². The molecule has 0 saturated carbocycles. The fourth-order valence-electron chi connectivity index (χ4n) is 3.57. The van der Waals surface area contributed by atoms with E-state index in [1.807, 2.05) is 85.8 Å². The van der Waals surface area contributed by atoms with Crippen LogP contribution in [0.15, 0.2) is 78.9 Å². The van der Waals surface area contributed by atoms with Crippen LogP contribution in [0.2, 0.25) is 0 Å². The fraction of sp³-hybridized carbons (Fsp3) is 0.185. The van der Waals surface area contributed by atoms with E-state index in [2.05, 4.69) is 5.32 Å². The topological polar surface area (TPSA) is 74.6 Å². The number of nitrogens with zero attached hydrogens (tertiary/aromatic N) is 2. The zero-order valence-corrected chi connectivity index (χ0v) is 19.4. The maximum Gasteiger partial charge on any atom is 0.226 e. The van der Waals surface area contributed by atoms with Crippen molar-refractivity contribution < 1.29 is 19.0 Å². The lowest BCUT2D eigenvalue weighted by molar-refractivity contribution is -0.116. The maximum atomic E-state index is 12.6. The van der Waals surface area contributed by atoms with Crippen molar-refractivity contribution >= 4 is 11.6 Å². The number of anilines is 1. The van der Waals surface area contributed by atoms with Crippen molar-refractivity contribution in [1.82, 2.24) is 9.78 Å². The van der Waals surface area contributed by atoms with Gasteiger partial charge in [0.2, 0.25) is 11.8 Å². The second-order valence-electron chi connectivity index (χ2n) is 7.67. The number of methoxy groups -OCH3 is 2. The van der Waals surface area contributed by atoms with Crippen molar-refractivity contribution in [2.24, 2.45) is 0 Å². The van der Waals surface area contributed by atoms with Gasteiger partial charge < -0.3 is 19.5 Å². The number of para-hydroxylation sites is 1. The van der Waals surface area contributed by atoms with Crippen molar-refractivity contribution in [2.75, 3.05) is 19.5 Å². The average Bonchev–Trinajstić information content (AvgIpc) is 3.18. The molecule has 0 unspecified atom stereocenters. The summed E-state index contributed by atoms with van der Waals surface area (Å²) in [6, 6.07) is 24.3. The molecule has 1 amide bonds. The standard InChI is InChI=1S/C27H27N3O4/c1-19-25(17-18-26(31)28-20-7-5-4-6-8-20)27(34-24-15-13-23(33-3)14-16-24)30(29-19)21-9-11-22(32-2)12-10-21/h4-16H,17-18H2,1-3H3,(H,28,31).